The lowest BCUT2D eigenvalue weighted by Crippen LogP contribution is -2.61. The molecule has 1 amide bonds. The van der Waals surface area contributed by atoms with Gasteiger partial charge in [0.2, 0.25) is 5.91 Å². The summed E-state index contributed by atoms with van der Waals surface area (Å²) in [4.78, 5) is 26.5. The maximum Gasteiger partial charge on any atom is 0.306 e. The number of unbranched alkanes of at least 4 members (excludes halogenated alkanes) is 39. The fourth-order valence-electron chi connectivity index (χ4n) is 10.0. The van der Waals surface area contributed by atoms with Crippen LogP contribution in [0.1, 0.15) is 303 Å². The molecule has 0 aromatic rings. The third kappa shape index (κ3) is 38.0. The zero-order valence-corrected chi connectivity index (χ0v) is 47.1. The molecule has 72 heavy (non-hydrogen) atoms. The Labute approximate surface area is 442 Å². The van der Waals surface area contributed by atoms with E-state index in [4.69, 9.17) is 14.2 Å². The molecule has 1 aliphatic rings. The molecule has 426 valence electrons. The van der Waals surface area contributed by atoms with Gasteiger partial charge in [-0.25, -0.2) is 0 Å². The van der Waals surface area contributed by atoms with E-state index in [2.05, 4.69) is 26.1 Å². The molecule has 1 heterocycles. The molecule has 0 radical (unpaired) electrons. The van der Waals surface area contributed by atoms with Gasteiger partial charge in [-0.2, -0.15) is 0 Å². The van der Waals surface area contributed by atoms with Crippen molar-refractivity contribution in [1.29, 1.82) is 0 Å². The van der Waals surface area contributed by atoms with E-state index in [9.17, 15) is 35.1 Å². The third-order valence-corrected chi connectivity index (χ3v) is 14.9. The molecule has 0 spiro atoms. The molecule has 1 rings (SSSR count). The van der Waals surface area contributed by atoms with E-state index in [0.717, 1.165) is 57.8 Å². The molecule has 1 aliphatic heterocycles. The Hall–Kier alpha value is -1.60. The van der Waals surface area contributed by atoms with Gasteiger partial charge in [-0.05, 0) is 25.7 Å². The standard InChI is InChI=1S/C61H117NO10/c1-4-7-10-13-16-19-22-24-25-26-27-28-29-31-34-37-40-43-46-49-56(66)72-59-58(68)57(67)55(50-63)71-61(59)70-51-52(53(64)47-44-41-38-35-32-21-18-15-12-9-6-3)62-60(69)54(65)48-45-42-39-36-33-30-23-20-17-14-11-8-5-2/h44,47,52-55,57-59,61,63-65,67-68H,4-43,45-46,48-51H2,1-3H3,(H,62,69)/b47-44+. The van der Waals surface area contributed by atoms with Crippen LogP contribution < -0.4 is 5.32 Å². The van der Waals surface area contributed by atoms with Crippen LogP contribution >= 0.6 is 0 Å². The van der Waals surface area contributed by atoms with Crippen LogP contribution in [0.15, 0.2) is 12.2 Å². The summed E-state index contributed by atoms with van der Waals surface area (Å²) in [6, 6.07) is -1.01. The van der Waals surface area contributed by atoms with Gasteiger partial charge in [-0.15, -0.1) is 0 Å². The summed E-state index contributed by atoms with van der Waals surface area (Å²) in [5.41, 5.74) is 0. The molecule has 1 saturated heterocycles. The van der Waals surface area contributed by atoms with Gasteiger partial charge in [0.1, 0.15) is 24.4 Å². The van der Waals surface area contributed by atoms with Gasteiger partial charge in [0.15, 0.2) is 12.4 Å². The SMILES string of the molecule is CCCCCCCCCCC/C=C/C(O)C(COC1OC(CO)C(O)C(O)C1OC(=O)CCCCCCCCCCCCCCCCCCCCC)NC(=O)C(O)CCCCCCCCCCCCCCC. The van der Waals surface area contributed by atoms with E-state index in [0.29, 0.717) is 19.3 Å². The molecular formula is C61H117NO10. The Morgan fingerprint density at radius 2 is 0.903 bits per heavy atom. The molecule has 0 bridgehead atoms. The summed E-state index contributed by atoms with van der Waals surface area (Å²) in [6.45, 7) is 5.81. The largest absolute Gasteiger partial charge is 0.454 e. The Kier molecular flexibility index (Phi) is 47.7. The van der Waals surface area contributed by atoms with E-state index in [1.165, 1.54) is 199 Å². The van der Waals surface area contributed by atoms with E-state index < -0.39 is 67.4 Å². The molecule has 0 aromatic carbocycles. The summed E-state index contributed by atoms with van der Waals surface area (Å²) in [7, 11) is 0. The summed E-state index contributed by atoms with van der Waals surface area (Å²) in [6.07, 6.45) is 45.4. The van der Waals surface area contributed by atoms with Crippen LogP contribution in [0.5, 0.6) is 0 Å². The number of nitrogens with one attached hydrogen (secondary N) is 1. The summed E-state index contributed by atoms with van der Waals surface area (Å²) in [5.74, 6) is -1.18. The zero-order chi connectivity index (χ0) is 52.5. The topological polar surface area (TPSA) is 175 Å². The highest BCUT2D eigenvalue weighted by Gasteiger charge is 2.47. The summed E-state index contributed by atoms with van der Waals surface area (Å²) in [5, 5.41) is 56.9. The zero-order valence-electron chi connectivity index (χ0n) is 47.1. The van der Waals surface area contributed by atoms with Crippen molar-refractivity contribution in [3.63, 3.8) is 0 Å². The molecule has 1 fully saturated rings. The first-order valence-electron chi connectivity index (χ1n) is 31.0. The molecule has 11 heteroatoms. The van der Waals surface area contributed by atoms with Crippen molar-refractivity contribution in [2.75, 3.05) is 13.2 Å². The average Bonchev–Trinajstić information content (AvgIpc) is 3.38. The van der Waals surface area contributed by atoms with Crippen LogP contribution in [0.2, 0.25) is 0 Å². The van der Waals surface area contributed by atoms with Gasteiger partial charge < -0.3 is 45.1 Å². The first-order valence-corrected chi connectivity index (χ1v) is 31.0. The smallest absolute Gasteiger partial charge is 0.306 e. The number of hydrogen-bond acceptors (Lipinski definition) is 10. The minimum absolute atomic E-state index is 0.132. The van der Waals surface area contributed by atoms with E-state index in [-0.39, 0.29) is 13.0 Å². The number of carbonyl (C=O) groups is 2. The monoisotopic (exact) mass is 1020 g/mol. The first kappa shape index (κ1) is 68.4. The third-order valence-electron chi connectivity index (χ3n) is 14.9. The second-order valence-electron chi connectivity index (χ2n) is 21.8. The number of ether oxygens (including phenoxy) is 3. The predicted octanol–water partition coefficient (Wildman–Crippen LogP) is 14.3. The second kappa shape index (κ2) is 50.2. The van der Waals surface area contributed by atoms with Gasteiger partial charge in [-0.3, -0.25) is 9.59 Å². The number of allylic oxidation sites excluding steroid dienone is 1. The Bertz CT molecular complexity index is 1220. The lowest BCUT2D eigenvalue weighted by Gasteiger charge is -2.41. The number of carbonyl (C=O) groups excluding carboxylic acids is 2. The number of rotatable bonds is 53. The van der Waals surface area contributed by atoms with Crippen molar-refractivity contribution in [2.24, 2.45) is 0 Å². The highest BCUT2D eigenvalue weighted by Crippen LogP contribution is 2.26. The molecule has 6 N–H and O–H groups in total. The Balaban J connectivity index is 2.64. The highest BCUT2D eigenvalue weighted by atomic mass is 16.7. The lowest BCUT2D eigenvalue weighted by atomic mass is 9.99. The van der Waals surface area contributed by atoms with Crippen LogP contribution in [0.3, 0.4) is 0 Å². The quantitative estimate of drug-likeness (QED) is 0.0195. The second-order valence-corrected chi connectivity index (χ2v) is 21.8. The highest BCUT2D eigenvalue weighted by molar-refractivity contribution is 5.80. The van der Waals surface area contributed by atoms with E-state index in [1.54, 1.807) is 6.08 Å². The van der Waals surface area contributed by atoms with Crippen molar-refractivity contribution in [3.8, 4) is 0 Å². The van der Waals surface area contributed by atoms with Gasteiger partial charge in [0.05, 0.1) is 25.4 Å². The number of esters is 1. The normalized spacial score (nSPS) is 19.5. The van der Waals surface area contributed by atoms with Crippen molar-refractivity contribution >= 4 is 11.9 Å². The van der Waals surface area contributed by atoms with E-state index >= 15 is 0 Å². The van der Waals surface area contributed by atoms with Crippen LogP contribution in [0.4, 0.5) is 0 Å². The molecule has 0 aromatic heterocycles. The fraction of sp³-hybridized carbons (Fsp3) is 0.934. The predicted molar refractivity (Wildman–Crippen MR) is 297 cm³/mol. The molecular weight excluding hydrogens is 907 g/mol. The maximum absolute atomic E-state index is 13.4. The number of amides is 1. The molecule has 0 saturated carbocycles. The minimum atomic E-state index is -1.61. The van der Waals surface area contributed by atoms with Crippen LogP contribution in [-0.4, -0.2) is 99.6 Å². The fourth-order valence-corrected chi connectivity index (χ4v) is 10.0. The lowest BCUT2D eigenvalue weighted by molar-refractivity contribution is -0.305. The Morgan fingerprint density at radius 3 is 1.31 bits per heavy atom. The van der Waals surface area contributed by atoms with Crippen LogP contribution in [0, 0.1) is 0 Å². The molecule has 0 aliphatic carbocycles. The summed E-state index contributed by atoms with van der Waals surface area (Å²) >= 11 is 0. The van der Waals surface area contributed by atoms with Gasteiger partial charge in [0.25, 0.3) is 0 Å². The van der Waals surface area contributed by atoms with Crippen LogP contribution in [-0.2, 0) is 23.8 Å². The van der Waals surface area contributed by atoms with Crippen LogP contribution in [0.25, 0.3) is 0 Å². The first-order chi connectivity index (χ1) is 35.2. The molecule has 8 unspecified atom stereocenters. The Morgan fingerprint density at radius 1 is 0.528 bits per heavy atom. The van der Waals surface area contributed by atoms with Crippen molar-refractivity contribution in [1.82, 2.24) is 5.32 Å². The maximum atomic E-state index is 13.4. The molecule has 8 atom stereocenters. The summed E-state index contributed by atoms with van der Waals surface area (Å²) < 4.78 is 17.6. The minimum Gasteiger partial charge on any atom is -0.454 e. The van der Waals surface area contributed by atoms with Crippen molar-refractivity contribution in [2.45, 2.75) is 352 Å². The number of hydrogen-bond donors (Lipinski definition) is 6. The number of aliphatic hydroxyl groups excluding tert-OH is 5. The van der Waals surface area contributed by atoms with Gasteiger partial charge in [-0.1, -0.05) is 283 Å². The van der Waals surface area contributed by atoms with Crippen molar-refractivity contribution < 1.29 is 49.3 Å². The average molecular weight is 1020 g/mol. The van der Waals surface area contributed by atoms with Gasteiger partial charge in [0, 0.05) is 6.42 Å². The molecule has 11 nitrogen and oxygen atoms in total. The van der Waals surface area contributed by atoms with Crippen molar-refractivity contribution in [3.05, 3.63) is 12.2 Å². The number of aliphatic hydroxyl groups is 5. The van der Waals surface area contributed by atoms with Gasteiger partial charge >= 0.3 is 5.97 Å². The van der Waals surface area contributed by atoms with E-state index in [1.807, 2.05) is 6.08 Å².